The van der Waals surface area contributed by atoms with Crippen LogP contribution in [-0.4, -0.2) is 67.0 Å². The number of benzene rings is 2. The number of likely N-dealkylation sites (tertiary alicyclic amines) is 1. The molecule has 0 aliphatic carbocycles. The van der Waals surface area contributed by atoms with E-state index in [1.54, 1.807) is 49.5 Å². The SMILES string of the molecule is CCCCN(CCCC)CCCN1C(=O)C(=O)/C(=C(/O)c2ccc(OC)cc2)C1c1ccccc1OC. The average Bonchev–Trinajstić information content (AvgIpc) is 3.18. The first-order valence-corrected chi connectivity index (χ1v) is 13.2. The lowest BCUT2D eigenvalue weighted by Gasteiger charge is -2.28. The van der Waals surface area contributed by atoms with E-state index >= 15 is 0 Å². The molecule has 1 atom stereocenters. The number of amides is 1. The third-order valence-corrected chi connectivity index (χ3v) is 6.87. The molecule has 1 aliphatic heterocycles. The zero-order valence-corrected chi connectivity index (χ0v) is 22.5. The van der Waals surface area contributed by atoms with Gasteiger partial charge >= 0.3 is 0 Å². The molecule has 0 saturated carbocycles. The normalized spacial score (nSPS) is 17.0. The van der Waals surface area contributed by atoms with Crippen LogP contribution in [-0.2, 0) is 9.59 Å². The number of carbonyl (C=O) groups excluding carboxylic acids is 2. The van der Waals surface area contributed by atoms with Gasteiger partial charge < -0.3 is 24.4 Å². The fourth-order valence-corrected chi connectivity index (χ4v) is 4.79. The van der Waals surface area contributed by atoms with Crippen molar-refractivity contribution in [1.29, 1.82) is 0 Å². The Labute approximate surface area is 220 Å². The molecular formula is C30H40N2O5. The Balaban J connectivity index is 1.96. The second kappa shape index (κ2) is 13.8. The van der Waals surface area contributed by atoms with Crippen molar-refractivity contribution < 1.29 is 24.2 Å². The van der Waals surface area contributed by atoms with Crippen LogP contribution in [0, 0.1) is 0 Å². The molecule has 7 heteroatoms. The summed E-state index contributed by atoms with van der Waals surface area (Å²) in [4.78, 5) is 30.7. The quantitative estimate of drug-likeness (QED) is 0.209. The van der Waals surface area contributed by atoms with E-state index in [9.17, 15) is 14.7 Å². The first-order valence-electron chi connectivity index (χ1n) is 13.2. The number of nitrogens with zero attached hydrogens (tertiary/aromatic N) is 2. The van der Waals surface area contributed by atoms with Gasteiger partial charge in [-0.25, -0.2) is 0 Å². The van der Waals surface area contributed by atoms with Crippen molar-refractivity contribution in [2.75, 3.05) is 40.4 Å². The van der Waals surface area contributed by atoms with Gasteiger partial charge in [-0.2, -0.15) is 0 Å². The fraction of sp³-hybridized carbons (Fsp3) is 0.467. The number of aliphatic hydroxyl groups excluding tert-OH is 1. The van der Waals surface area contributed by atoms with Gasteiger partial charge in [0, 0.05) is 17.7 Å². The fourth-order valence-electron chi connectivity index (χ4n) is 4.79. The monoisotopic (exact) mass is 508 g/mol. The number of Topliss-reactive ketones (excluding diaryl/α,β-unsaturated/α-hetero) is 1. The van der Waals surface area contributed by atoms with Crippen LogP contribution >= 0.6 is 0 Å². The molecule has 0 bridgehead atoms. The molecule has 1 N–H and O–H groups in total. The summed E-state index contributed by atoms with van der Waals surface area (Å²) in [6, 6.07) is 13.4. The standard InChI is InChI=1S/C30H40N2O5/c1-5-7-18-31(19-8-6-2)20-11-21-32-27(24-12-9-10-13-25(24)37-4)26(29(34)30(32)35)28(33)22-14-16-23(36-3)17-15-22/h9-10,12-17,27,33H,5-8,11,18-21H2,1-4H3/b28-26+. The van der Waals surface area contributed by atoms with Crippen LogP contribution in [0.5, 0.6) is 11.5 Å². The van der Waals surface area contributed by atoms with Crippen LogP contribution in [0.2, 0.25) is 0 Å². The Kier molecular flexibility index (Phi) is 10.6. The topological polar surface area (TPSA) is 79.3 Å². The van der Waals surface area contributed by atoms with E-state index in [0.717, 1.165) is 51.7 Å². The Hall–Kier alpha value is -3.32. The minimum absolute atomic E-state index is 0.0773. The van der Waals surface area contributed by atoms with Crippen LogP contribution in [0.1, 0.15) is 63.1 Å². The highest BCUT2D eigenvalue weighted by Crippen LogP contribution is 2.42. The van der Waals surface area contributed by atoms with E-state index < -0.39 is 17.7 Å². The number of ether oxygens (including phenoxy) is 2. The first kappa shape index (κ1) is 28.3. The van der Waals surface area contributed by atoms with Gasteiger partial charge in [0.1, 0.15) is 17.3 Å². The van der Waals surface area contributed by atoms with Crippen LogP contribution in [0.15, 0.2) is 54.1 Å². The minimum Gasteiger partial charge on any atom is -0.507 e. The smallest absolute Gasteiger partial charge is 0.295 e. The van der Waals surface area contributed by atoms with Gasteiger partial charge in [0.25, 0.3) is 11.7 Å². The van der Waals surface area contributed by atoms with E-state index in [1.807, 2.05) is 18.2 Å². The molecule has 2 aromatic rings. The molecule has 3 rings (SSSR count). The highest BCUT2D eigenvalue weighted by Gasteiger charge is 2.46. The van der Waals surface area contributed by atoms with Crippen molar-refractivity contribution >= 4 is 17.4 Å². The van der Waals surface area contributed by atoms with E-state index in [1.165, 1.54) is 0 Å². The summed E-state index contributed by atoms with van der Waals surface area (Å²) in [5, 5.41) is 11.3. The third-order valence-electron chi connectivity index (χ3n) is 6.87. The van der Waals surface area contributed by atoms with Crippen molar-refractivity contribution in [1.82, 2.24) is 9.80 Å². The zero-order valence-electron chi connectivity index (χ0n) is 22.5. The maximum atomic E-state index is 13.3. The number of methoxy groups -OCH3 is 2. The Morgan fingerprint density at radius 3 is 2.11 bits per heavy atom. The van der Waals surface area contributed by atoms with Crippen LogP contribution in [0.25, 0.3) is 5.76 Å². The molecule has 0 radical (unpaired) electrons. The molecule has 1 aliphatic rings. The van der Waals surface area contributed by atoms with Gasteiger partial charge in [0.05, 0.1) is 25.8 Å². The van der Waals surface area contributed by atoms with Crippen molar-refractivity contribution in [3.63, 3.8) is 0 Å². The molecule has 37 heavy (non-hydrogen) atoms. The summed E-state index contributed by atoms with van der Waals surface area (Å²) in [7, 11) is 3.13. The zero-order chi connectivity index (χ0) is 26.8. The van der Waals surface area contributed by atoms with Crippen LogP contribution in [0.4, 0.5) is 0 Å². The molecule has 0 spiro atoms. The molecule has 200 valence electrons. The maximum Gasteiger partial charge on any atom is 0.295 e. The van der Waals surface area contributed by atoms with Crippen molar-refractivity contribution in [3.05, 3.63) is 65.2 Å². The average molecular weight is 509 g/mol. The maximum absolute atomic E-state index is 13.3. The highest BCUT2D eigenvalue weighted by molar-refractivity contribution is 6.46. The highest BCUT2D eigenvalue weighted by atomic mass is 16.5. The summed E-state index contributed by atoms with van der Waals surface area (Å²) in [6.07, 6.45) is 5.27. The molecule has 1 fully saturated rings. The van der Waals surface area contributed by atoms with Gasteiger partial charge in [-0.15, -0.1) is 0 Å². The van der Waals surface area contributed by atoms with E-state index in [-0.39, 0.29) is 11.3 Å². The van der Waals surface area contributed by atoms with Crippen molar-refractivity contribution in [3.8, 4) is 11.5 Å². The summed E-state index contributed by atoms with van der Waals surface area (Å²) < 4.78 is 10.8. The van der Waals surface area contributed by atoms with Gasteiger partial charge in [-0.3, -0.25) is 9.59 Å². The minimum atomic E-state index is -0.738. The first-order chi connectivity index (χ1) is 18.0. The lowest BCUT2D eigenvalue weighted by molar-refractivity contribution is -0.140. The second-order valence-electron chi connectivity index (χ2n) is 9.37. The van der Waals surface area contributed by atoms with E-state index in [2.05, 4.69) is 18.7 Å². The number of carbonyl (C=O) groups is 2. The number of para-hydroxylation sites is 1. The van der Waals surface area contributed by atoms with Crippen LogP contribution < -0.4 is 9.47 Å². The molecule has 1 heterocycles. The molecule has 1 amide bonds. The van der Waals surface area contributed by atoms with Crippen LogP contribution in [0.3, 0.4) is 0 Å². The summed E-state index contributed by atoms with van der Waals surface area (Å²) in [5.41, 5.74) is 1.20. The van der Waals surface area contributed by atoms with E-state index in [0.29, 0.717) is 29.2 Å². The van der Waals surface area contributed by atoms with Gasteiger partial charge in [-0.05, 0) is 69.2 Å². The van der Waals surface area contributed by atoms with Gasteiger partial charge in [-0.1, -0.05) is 44.9 Å². The number of hydrogen-bond donors (Lipinski definition) is 1. The molecule has 2 aromatic carbocycles. The number of rotatable bonds is 14. The Morgan fingerprint density at radius 1 is 0.892 bits per heavy atom. The number of ketones is 1. The molecule has 1 saturated heterocycles. The molecule has 0 aromatic heterocycles. The largest absolute Gasteiger partial charge is 0.507 e. The number of hydrogen-bond acceptors (Lipinski definition) is 6. The molecule has 1 unspecified atom stereocenters. The lowest BCUT2D eigenvalue weighted by atomic mass is 9.94. The van der Waals surface area contributed by atoms with Gasteiger partial charge in [0.2, 0.25) is 0 Å². The van der Waals surface area contributed by atoms with E-state index in [4.69, 9.17) is 9.47 Å². The predicted octanol–water partition coefficient (Wildman–Crippen LogP) is 5.42. The summed E-state index contributed by atoms with van der Waals surface area (Å²) in [6.45, 7) is 7.69. The number of unbranched alkanes of at least 4 members (excludes halogenated alkanes) is 2. The van der Waals surface area contributed by atoms with Crippen molar-refractivity contribution in [2.24, 2.45) is 0 Å². The summed E-state index contributed by atoms with van der Waals surface area (Å²) >= 11 is 0. The number of aliphatic hydroxyl groups is 1. The van der Waals surface area contributed by atoms with Crippen molar-refractivity contribution in [2.45, 2.75) is 52.0 Å². The predicted molar refractivity (Wildman–Crippen MR) is 146 cm³/mol. The lowest BCUT2D eigenvalue weighted by Crippen LogP contribution is -2.34. The third kappa shape index (κ3) is 6.72. The van der Waals surface area contributed by atoms with Gasteiger partial charge in [0.15, 0.2) is 0 Å². The molecular weight excluding hydrogens is 468 g/mol. The molecule has 7 nitrogen and oxygen atoms in total. The Bertz CT molecular complexity index is 1070. The second-order valence-corrected chi connectivity index (χ2v) is 9.37. The Morgan fingerprint density at radius 2 is 1.51 bits per heavy atom. The summed E-state index contributed by atoms with van der Waals surface area (Å²) in [5.74, 6) is -0.286.